The lowest BCUT2D eigenvalue weighted by atomic mass is 9.47. The molecule has 0 bridgehead atoms. The van der Waals surface area contributed by atoms with E-state index in [2.05, 4.69) is 30.6 Å². The maximum atomic E-state index is 12.3. The van der Waals surface area contributed by atoms with Crippen molar-refractivity contribution < 1.29 is 4.79 Å². The number of thiazole rings is 1. The van der Waals surface area contributed by atoms with Gasteiger partial charge in [0.25, 0.3) is 0 Å². The molecule has 1 amide bonds. The summed E-state index contributed by atoms with van der Waals surface area (Å²) >= 11 is 1.81. The third-order valence-electron chi connectivity index (χ3n) is 10.2. The highest BCUT2D eigenvalue weighted by molar-refractivity contribution is 7.13. The number of hydrogen-bond donors (Lipinski definition) is 1. The van der Waals surface area contributed by atoms with E-state index in [1.165, 1.54) is 50.6 Å². The number of carbonyl (C=O) groups is 1. The van der Waals surface area contributed by atoms with Crippen molar-refractivity contribution in [2.75, 3.05) is 18.9 Å². The molecule has 0 aromatic carbocycles. The van der Waals surface area contributed by atoms with Crippen LogP contribution in [0.4, 0.5) is 5.13 Å². The number of nitrogens with one attached hydrogen (secondary N) is 1. The van der Waals surface area contributed by atoms with Gasteiger partial charge in [0.15, 0.2) is 5.13 Å². The minimum Gasteiger partial charge on any atom is -0.361 e. The molecule has 2 heterocycles. The van der Waals surface area contributed by atoms with Gasteiger partial charge in [0, 0.05) is 36.3 Å². The molecule has 5 aliphatic rings. The van der Waals surface area contributed by atoms with Crippen LogP contribution in [-0.4, -0.2) is 35.4 Å². The molecule has 31 heavy (non-hydrogen) atoms. The number of likely N-dealkylation sites (N-methyl/N-ethyl adjacent to an activating group) is 1. The number of anilines is 1. The fraction of sp³-hybridized carbons (Fsp3) is 0.769. The van der Waals surface area contributed by atoms with Crippen molar-refractivity contribution in [3.8, 4) is 0 Å². The van der Waals surface area contributed by atoms with Gasteiger partial charge in [-0.25, -0.2) is 4.98 Å². The van der Waals surface area contributed by atoms with E-state index in [1.807, 2.05) is 29.4 Å². The summed E-state index contributed by atoms with van der Waals surface area (Å²) in [4.78, 5) is 19.4. The zero-order valence-electron chi connectivity index (χ0n) is 19.3. The van der Waals surface area contributed by atoms with Gasteiger partial charge in [-0.2, -0.15) is 0 Å². The number of rotatable bonds is 4. The highest BCUT2D eigenvalue weighted by Crippen LogP contribution is 2.67. The molecule has 168 valence electrons. The Hall–Kier alpha value is -1.36. The van der Waals surface area contributed by atoms with Gasteiger partial charge in [-0.1, -0.05) is 19.9 Å². The first-order valence-electron chi connectivity index (χ1n) is 12.6. The fourth-order valence-electron chi connectivity index (χ4n) is 8.31. The van der Waals surface area contributed by atoms with Crippen LogP contribution in [-0.2, 0) is 4.79 Å². The molecule has 1 aromatic rings. The van der Waals surface area contributed by atoms with E-state index in [0.29, 0.717) is 23.3 Å². The predicted molar refractivity (Wildman–Crippen MR) is 126 cm³/mol. The number of carbonyl (C=O) groups excluding carboxylic acids is 1. The van der Waals surface area contributed by atoms with Crippen molar-refractivity contribution in [3.05, 3.63) is 23.2 Å². The zero-order valence-corrected chi connectivity index (χ0v) is 20.1. The second-order valence-electron chi connectivity index (χ2n) is 11.7. The van der Waals surface area contributed by atoms with Crippen LogP contribution in [0, 0.1) is 34.5 Å². The quantitative estimate of drug-likeness (QED) is 0.656. The third kappa shape index (κ3) is 3.05. The van der Waals surface area contributed by atoms with Crippen LogP contribution in [0.25, 0.3) is 0 Å². The Bertz CT molecular complexity index is 906. The highest BCUT2D eigenvalue weighted by Gasteiger charge is 2.60. The Morgan fingerprint density at radius 3 is 2.77 bits per heavy atom. The van der Waals surface area contributed by atoms with Gasteiger partial charge in [0.1, 0.15) is 0 Å². The van der Waals surface area contributed by atoms with Gasteiger partial charge in [-0.05, 0) is 86.5 Å². The van der Waals surface area contributed by atoms with Gasteiger partial charge in [-0.3, -0.25) is 4.79 Å². The van der Waals surface area contributed by atoms with E-state index in [-0.39, 0.29) is 11.3 Å². The Kier molecular flexibility index (Phi) is 4.62. The van der Waals surface area contributed by atoms with Crippen LogP contribution < -0.4 is 5.32 Å². The van der Waals surface area contributed by atoms with E-state index in [0.717, 1.165) is 35.9 Å². The molecule has 0 unspecified atom stereocenters. The molecule has 5 heteroatoms. The van der Waals surface area contributed by atoms with Gasteiger partial charge in [0.05, 0.1) is 5.69 Å². The standard InChI is InChI=1S/C26H37N3OS/c1-25-12-10-19-17(6-9-22-26(19,2)13-11-23(30)29(22)3)18(25)7-8-20(25)21-15-31-24(28-21)27-14-16-4-5-16/h11,13,15-20,22H,4-10,12,14H2,1-3H3,(H,27,28)/t17-,18-,19-,20+,22+,25-,26+/m0/s1. The summed E-state index contributed by atoms with van der Waals surface area (Å²) in [7, 11) is 2.02. The second kappa shape index (κ2) is 7.07. The first kappa shape index (κ1) is 20.3. The average molecular weight is 440 g/mol. The van der Waals surface area contributed by atoms with Crippen LogP contribution in [0.3, 0.4) is 0 Å². The molecule has 1 aliphatic heterocycles. The second-order valence-corrected chi connectivity index (χ2v) is 12.6. The van der Waals surface area contributed by atoms with Gasteiger partial charge >= 0.3 is 0 Å². The molecule has 0 radical (unpaired) electrons. The van der Waals surface area contributed by atoms with Crippen LogP contribution in [0.15, 0.2) is 17.5 Å². The molecule has 0 spiro atoms. The van der Waals surface area contributed by atoms with E-state index in [9.17, 15) is 4.79 Å². The zero-order chi connectivity index (χ0) is 21.4. The molecule has 0 saturated heterocycles. The third-order valence-corrected chi connectivity index (χ3v) is 11.1. The summed E-state index contributed by atoms with van der Waals surface area (Å²) in [6.07, 6.45) is 14.6. The number of nitrogens with zero attached hydrogens (tertiary/aromatic N) is 2. The first-order valence-corrected chi connectivity index (χ1v) is 13.4. The van der Waals surface area contributed by atoms with Crippen molar-refractivity contribution in [1.82, 2.24) is 9.88 Å². The van der Waals surface area contributed by atoms with E-state index in [1.54, 1.807) is 0 Å². The Morgan fingerprint density at radius 1 is 1.13 bits per heavy atom. The number of aromatic nitrogens is 1. The van der Waals surface area contributed by atoms with Crippen LogP contribution >= 0.6 is 11.3 Å². The van der Waals surface area contributed by atoms with Crippen molar-refractivity contribution in [2.24, 2.45) is 34.5 Å². The van der Waals surface area contributed by atoms with Crippen LogP contribution in [0.2, 0.25) is 0 Å². The average Bonchev–Trinajstić information content (AvgIpc) is 3.35. The summed E-state index contributed by atoms with van der Waals surface area (Å²) in [6.45, 7) is 6.13. The highest BCUT2D eigenvalue weighted by atomic mass is 32.1. The molecule has 6 rings (SSSR count). The lowest BCUT2D eigenvalue weighted by Gasteiger charge is -2.60. The van der Waals surface area contributed by atoms with Gasteiger partial charge < -0.3 is 10.2 Å². The Balaban J connectivity index is 1.23. The van der Waals surface area contributed by atoms with Crippen molar-refractivity contribution in [2.45, 2.75) is 77.2 Å². The van der Waals surface area contributed by atoms with E-state index in [4.69, 9.17) is 4.98 Å². The first-order chi connectivity index (χ1) is 14.9. The Labute approximate surface area is 190 Å². The maximum Gasteiger partial charge on any atom is 0.246 e. The number of fused-ring (bicyclic) bond motifs is 5. The molecule has 4 fully saturated rings. The summed E-state index contributed by atoms with van der Waals surface area (Å²) in [6, 6.07) is 0.381. The van der Waals surface area contributed by atoms with Gasteiger partial charge in [-0.15, -0.1) is 11.3 Å². The van der Waals surface area contributed by atoms with Crippen molar-refractivity contribution in [1.29, 1.82) is 0 Å². The SMILES string of the molecule is CN1C(=O)C=C[C@]2(C)[C@H]3CC[C@]4(C)[C@@H](c5csc(NCC6CC6)n5)CC[C@H]4[C@@H]3CC[C@@H]12. The Morgan fingerprint density at radius 2 is 1.97 bits per heavy atom. The van der Waals surface area contributed by atoms with Crippen LogP contribution in [0.5, 0.6) is 0 Å². The van der Waals surface area contributed by atoms with Crippen molar-refractivity contribution >= 4 is 22.4 Å². The van der Waals surface area contributed by atoms with Gasteiger partial charge in [0.2, 0.25) is 5.91 Å². The predicted octanol–water partition coefficient (Wildman–Crippen LogP) is 5.69. The van der Waals surface area contributed by atoms with Crippen LogP contribution in [0.1, 0.15) is 76.8 Å². The summed E-state index contributed by atoms with van der Waals surface area (Å²) in [5.41, 5.74) is 1.88. The molecular weight excluding hydrogens is 402 g/mol. The molecule has 1 aromatic heterocycles. The monoisotopic (exact) mass is 439 g/mol. The molecule has 4 aliphatic carbocycles. The summed E-state index contributed by atoms with van der Waals surface area (Å²) < 4.78 is 0. The van der Waals surface area contributed by atoms with E-state index < -0.39 is 0 Å². The number of amides is 1. The van der Waals surface area contributed by atoms with Crippen molar-refractivity contribution in [3.63, 3.8) is 0 Å². The smallest absolute Gasteiger partial charge is 0.246 e. The fourth-order valence-corrected chi connectivity index (χ4v) is 9.08. The summed E-state index contributed by atoms with van der Waals surface area (Å²) in [5.74, 6) is 3.99. The maximum absolute atomic E-state index is 12.3. The lowest BCUT2D eigenvalue weighted by Crippen LogP contribution is -2.59. The molecule has 7 atom stereocenters. The molecular formula is C26H37N3OS. The largest absolute Gasteiger partial charge is 0.361 e. The normalized spacial score (nSPS) is 44.0. The molecule has 4 saturated carbocycles. The number of hydrogen-bond acceptors (Lipinski definition) is 4. The minimum absolute atomic E-state index is 0.144. The minimum atomic E-state index is 0.144. The summed E-state index contributed by atoms with van der Waals surface area (Å²) in [5, 5.41) is 7.08. The topological polar surface area (TPSA) is 45.2 Å². The molecule has 4 nitrogen and oxygen atoms in total. The molecule has 1 N–H and O–H groups in total. The van der Waals surface area contributed by atoms with E-state index >= 15 is 0 Å². The lowest BCUT2D eigenvalue weighted by molar-refractivity contribution is -0.138.